The molecule has 20 heavy (non-hydrogen) atoms. The van der Waals surface area contributed by atoms with Crippen molar-refractivity contribution in [2.45, 2.75) is 40.3 Å². The molecule has 0 radical (unpaired) electrons. The molecule has 0 fully saturated rings. The maximum Gasteiger partial charge on any atom is 0.130 e. The molecule has 4 heteroatoms. The summed E-state index contributed by atoms with van der Waals surface area (Å²) in [6, 6.07) is 6.36. The molecule has 0 saturated heterocycles. The number of nitrogens with one attached hydrogen (secondary N) is 1. The second-order valence-electron chi connectivity index (χ2n) is 5.87. The van der Waals surface area contributed by atoms with Crippen molar-refractivity contribution in [1.29, 1.82) is 5.41 Å². The number of methoxy groups -OCH3 is 1. The predicted molar refractivity (Wildman–Crippen MR) is 84.4 cm³/mol. The van der Waals surface area contributed by atoms with E-state index in [1.165, 1.54) is 5.56 Å². The van der Waals surface area contributed by atoms with Crippen LogP contribution in [0.25, 0.3) is 0 Å². The summed E-state index contributed by atoms with van der Waals surface area (Å²) in [7, 11) is 1.61. The third-order valence-electron chi connectivity index (χ3n) is 3.27. The van der Waals surface area contributed by atoms with E-state index in [2.05, 4.69) is 32.6 Å². The molecule has 0 amide bonds. The highest BCUT2D eigenvalue weighted by Gasteiger charge is 2.13. The Morgan fingerprint density at radius 2 is 1.95 bits per heavy atom. The van der Waals surface area contributed by atoms with Gasteiger partial charge in [0.05, 0.1) is 12.7 Å². The van der Waals surface area contributed by atoms with Gasteiger partial charge in [-0.1, -0.05) is 19.9 Å². The van der Waals surface area contributed by atoms with Gasteiger partial charge in [0.2, 0.25) is 0 Å². The molecule has 4 nitrogen and oxygen atoms in total. The number of ether oxygens (including phenoxy) is 1. The average molecular weight is 277 g/mol. The van der Waals surface area contributed by atoms with Crippen LogP contribution in [0, 0.1) is 11.3 Å². The van der Waals surface area contributed by atoms with Crippen LogP contribution >= 0.6 is 0 Å². The van der Waals surface area contributed by atoms with Crippen molar-refractivity contribution in [3.8, 4) is 5.75 Å². The zero-order valence-corrected chi connectivity index (χ0v) is 13.2. The van der Waals surface area contributed by atoms with Gasteiger partial charge in [-0.25, -0.2) is 0 Å². The molecule has 0 saturated carbocycles. The number of amidine groups is 1. The molecule has 0 atom stereocenters. The SMILES string of the molecule is COc1cc(CN(CC(C)C)C(C)C)ccc1C(=N)N. The van der Waals surface area contributed by atoms with E-state index in [-0.39, 0.29) is 5.84 Å². The zero-order chi connectivity index (χ0) is 15.3. The topological polar surface area (TPSA) is 62.3 Å². The highest BCUT2D eigenvalue weighted by atomic mass is 16.5. The van der Waals surface area contributed by atoms with Crippen LogP contribution in [0.2, 0.25) is 0 Å². The summed E-state index contributed by atoms with van der Waals surface area (Å²) in [6.07, 6.45) is 0. The molecule has 0 aromatic heterocycles. The van der Waals surface area contributed by atoms with E-state index in [1.807, 2.05) is 18.2 Å². The van der Waals surface area contributed by atoms with Crippen LogP contribution in [0.5, 0.6) is 5.75 Å². The van der Waals surface area contributed by atoms with Crippen LogP contribution in [0.15, 0.2) is 18.2 Å². The summed E-state index contributed by atoms with van der Waals surface area (Å²) in [5.74, 6) is 1.34. The van der Waals surface area contributed by atoms with Gasteiger partial charge in [-0.15, -0.1) is 0 Å². The van der Waals surface area contributed by atoms with E-state index >= 15 is 0 Å². The quantitative estimate of drug-likeness (QED) is 0.595. The first-order valence-corrected chi connectivity index (χ1v) is 7.10. The molecule has 1 aromatic carbocycles. The van der Waals surface area contributed by atoms with E-state index in [0.717, 1.165) is 13.1 Å². The number of hydrogen-bond donors (Lipinski definition) is 2. The molecule has 0 unspecified atom stereocenters. The minimum atomic E-state index is 0.0382. The summed E-state index contributed by atoms with van der Waals surface area (Å²) < 4.78 is 5.33. The lowest BCUT2D eigenvalue weighted by molar-refractivity contribution is 0.189. The maximum atomic E-state index is 7.54. The van der Waals surface area contributed by atoms with Gasteiger partial charge in [0.25, 0.3) is 0 Å². The normalized spacial score (nSPS) is 11.4. The van der Waals surface area contributed by atoms with Crippen LogP contribution in [0.1, 0.15) is 38.8 Å². The summed E-state index contributed by atoms with van der Waals surface area (Å²) in [6.45, 7) is 10.8. The highest BCUT2D eigenvalue weighted by Crippen LogP contribution is 2.21. The first kappa shape index (κ1) is 16.5. The Hall–Kier alpha value is -1.55. The second kappa shape index (κ2) is 7.29. The molecule has 3 N–H and O–H groups in total. The Balaban J connectivity index is 2.93. The molecule has 0 aliphatic heterocycles. The van der Waals surface area contributed by atoms with Crippen LogP contribution < -0.4 is 10.5 Å². The largest absolute Gasteiger partial charge is 0.496 e. The lowest BCUT2D eigenvalue weighted by Gasteiger charge is -2.28. The molecule has 1 rings (SSSR count). The summed E-state index contributed by atoms with van der Waals surface area (Å²) >= 11 is 0. The zero-order valence-electron chi connectivity index (χ0n) is 13.2. The van der Waals surface area contributed by atoms with E-state index in [9.17, 15) is 0 Å². The molecule has 0 aliphatic rings. The van der Waals surface area contributed by atoms with Gasteiger partial charge in [-0.05, 0) is 37.5 Å². The minimum absolute atomic E-state index is 0.0382. The predicted octanol–water partition coefficient (Wildman–Crippen LogP) is 2.85. The van der Waals surface area contributed by atoms with E-state index in [0.29, 0.717) is 23.3 Å². The Bertz CT molecular complexity index is 455. The average Bonchev–Trinajstić information content (AvgIpc) is 2.36. The van der Waals surface area contributed by atoms with Gasteiger partial charge in [0, 0.05) is 19.1 Å². The summed E-state index contributed by atoms with van der Waals surface area (Å²) in [5.41, 5.74) is 7.38. The molecular formula is C16H27N3O. The first-order chi connectivity index (χ1) is 9.35. The fourth-order valence-corrected chi connectivity index (χ4v) is 2.22. The Labute approximate surface area is 122 Å². The van der Waals surface area contributed by atoms with Gasteiger partial charge < -0.3 is 10.5 Å². The van der Waals surface area contributed by atoms with Crippen molar-refractivity contribution < 1.29 is 4.74 Å². The number of nitrogen functional groups attached to an aromatic ring is 1. The number of nitrogens with two attached hydrogens (primary N) is 1. The van der Waals surface area contributed by atoms with Gasteiger partial charge in [0.1, 0.15) is 11.6 Å². The first-order valence-electron chi connectivity index (χ1n) is 7.10. The smallest absolute Gasteiger partial charge is 0.130 e. The maximum absolute atomic E-state index is 7.54. The number of benzene rings is 1. The number of rotatable bonds is 7. The Kier molecular flexibility index (Phi) is 6.02. The van der Waals surface area contributed by atoms with Crippen LogP contribution in [0.4, 0.5) is 0 Å². The lowest BCUT2D eigenvalue weighted by Crippen LogP contribution is -2.33. The fourth-order valence-electron chi connectivity index (χ4n) is 2.22. The molecule has 1 aromatic rings. The molecular weight excluding hydrogens is 250 g/mol. The standard InChI is InChI=1S/C16H27N3O/c1-11(2)9-19(12(3)4)10-13-6-7-14(16(17)18)15(8-13)20-5/h6-8,11-12H,9-10H2,1-5H3,(H3,17,18). The molecule has 0 aliphatic carbocycles. The van der Waals surface area contributed by atoms with E-state index in [4.69, 9.17) is 15.9 Å². The minimum Gasteiger partial charge on any atom is -0.496 e. The summed E-state index contributed by atoms with van der Waals surface area (Å²) in [4.78, 5) is 2.44. The Morgan fingerprint density at radius 3 is 2.40 bits per heavy atom. The fraction of sp³-hybridized carbons (Fsp3) is 0.562. The second-order valence-corrected chi connectivity index (χ2v) is 5.87. The van der Waals surface area contributed by atoms with Crippen molar-refractivity contribution >= 4 is 5.84 Å². The van der Waals surface area contributed by atoms with Crippen LogP contribution in [-0.4, -0.2) is 30.4 Å². The van der Waals surface area contributed by atoms with Crippen molar-refractivity contribution in [3.63, 3.8) is 0 Å². The molecule has 0 bridgehead atoms. The summed E-state index contributed by atoms with van der Waals surface area (Å²) in [5, 5.41) is 7.54. The van der Waals surface area contributed by atoms with Gasteiger partial charge >= 0.3 is 0 Å². The molecule has 0 heterocycles. The highest BCUT2D eigenvalue weighted by molar-refractivity contribution is 5.97. The molecule has 112 valence electrons. The van der Waals surface area contributed by atoms with Gasteiger partial charge in [-0.3, -0.25) is 10.3 Å². The van der Waals surface area contributed by atoms with Crippen molar-refractivity contribution in [3.05, 3.63) is 29.3 Å². The lowest BCUT2D eigenvalue weighted by atomic mass is 10.1. The van der Waals surface area contributed by atoms with Crippen LogP contribution in [-0.2, 0) is 6.54 Å². The molecule has 0 spiro atoms. The van der Waals surface area contributed by atoms with Crippen molar-refractivity contribution in [1.82, 2.24) is 4.90 Å². The third kappa shape index (κ3) is 4.53. The number of hydrogen-bond acceptors (Lipinski definition) is 3. The van der Waals surface area contributed by atoms with Crippen LogP contribution in [0.3, 0.4) is 0 Å². The van der Waals surface area contributed by atoms with E-state index in [1.54, 1.807) is 7.11 Å². The third-order valence-corrected chi connectivity index (χ3v) is 3.27. The monoisotopic (exact) mass is 277 g/mol. The van der Waals surface area contributed by atoms with Crippen molar-refractivity contribution in [2.24, 2.45) is 11.7 Å². The Morgan fingerprint density at radius 1 is 1.30 bits per heavy atom. The van der Waals surface area contributed by atoms with Gasteiger partial charge in [-0.2, -0.15) is 0 Å². The van der Waals surface area contributed by atoms with E-state index < -0.39 is 0 Å². The number of nitrogens with zero attached hydrogens (tertiary/aromatic N) is 1. The van der Waals surface area contributed by atoms with Crippen molar-refractivity contribution in [2.75, 3.05) is 13.7 Å². The van der Waals surface area contributed by atoms with Gasteiger partial charge in [0.15, 0.2) is 0 Å².